The van der Waals surface area contributed by atoms with Crippen LogP contribution in [0.5, 0.6) is 17.2 Å². The van der Waals surface area contributed by atoms with Crippen molar-refractivity contribution in [1.29, 1.82) is 0 Å². The lowest BCUT2D eigenvalue weighted by molar-refractivity contribution is -0.124. The minimum Gasteiger partial charge on any atom is -0.496 e. The minimum absolute atomic E-state index is 0.132. The first-order chi connectivity index (χ1) is 17.4. The number of carbonyl (C=O) groups is 3. The average molecular weight is 496 g/mol. The van der Waals surface area contributed by atoms with E-state index >= 15 is 0 Å². The van der Waals surface area contributed by atoms with Crippen molar-refractivity contribution in [3.63, 3.8) is 0 Å². The molecule has 0 saturated heterocycles. The summed E-state index contributed by atoms with van der Waals surface area (Å²) >= 11 is 0. The summed E-state index contributed by atoms with van der Waals surface area (Å²) in [6.07, 6.45) is 0. The summed E-state index contributed by atoms with van der Waals surface area (Å²) in [4.78, 5) is 36.6. The highest BCUT2D eigenvalue weighted by Gasteiger charge is 2.15. The largest absolute Gasteiger partial charge is 0.496 e. The number of para-hydroxylation sites is 1. The van der Waals surface area contributed by atoms with E-state index in [1.807, 2.05) is 18.2 Å². The number of hydrogen-bond donors (Lipinski definition) is 2. The molecule has 0 aliphatic carbocycles. The van der Waals surface area contributed by atoms with Crippen molar-refractivity contribution >= 4 is 23.5 Å². The molecule has 0 atom stereocenters. The maximum Gasteiger partial charge on any atom is 0.338 e. The summed E-state index contributed by atoms with van der Waals surface area (Å²) < 4.78 is 34.0. The van der Waals surface area contributed by atoms with Crippen molar-refractivity contribution in [2.45, 2.75) is 6.54 Å². The molecule has 0 spiro atoms. The maximum absolute atomic E-state index is 13.0. The van der Waals surface area contributed by atoms with Gasteiger partial charge in [0, 0.05) is 17.8 Å². The molecule has 3 rings (SSSR count). The van der Waals surface area contributed by atoms with Crippen molar-refractivity contribution in [2.24, 2.45) is 0 Å². The number of nitrogens with one attached hydrogen (secondary N) is 2. The molecule has 0 bridgehead atoms. The molecule has 0 saturated carbocycles. The molecule has 3 aromatic rings. The lowest BCUT2D eigenvalue weighted by Gasteiger charge is -2.12. The Morgan fingerprint density at radius 3 is 2.25 bits per heavy atom. The van der Waals surface area contributed by atoms with Gasteiger partial charge in [-0.1, -0.05) is 18.2 Å². The van der Waals surface area contributed by atoms with Gasteiger partial charge in [-0.3, -0.25) is 9.59 Å². The van der Waals surface area contributed by atoms with Crippen molar-refractivity contribution < 1.29 is 37.7 Å². The number of ether oxygens (including phenoxy) is 4. The van der Waals surface area contributed by atoms with Gasteiger partial charge in [-0.25, -0.2) is 9.18 Å². The zero-order valence-corrected chi connectivity index (χ0v) is 19.7. The van der Waals surface area contributed by atoms with Crippen molar-refractivity contribution in [1.82, 2.24) is 5.32 Å². The van der Waals surface area contributed by atoms with E-state index in [1.54, 1.807) is 6.07 Å². The Balaban J connectivity index is 1.49. The monoisotopic (exact) mass is 496 g/mol. The van der Waals surface area contributed by atoms with Gasteiger partial charge in [0.1, 0.15) is 11.6 Å². The van der Waals surface area contributed by atoms with E-state index in [-0.39, 0.29) is 30.2 Å². The standard InChI is InChI=1S/C26H25FN2O7/c1-33-21-6-4-3-5-18(21)14-28-24(30)15-36-26(32)17-7-12-22(23(13-17)34-2)35-16-25(31)29-20-10-8-19(27)9-11-20/h3-13H,14-16H2,1-2H3,(H,28,30)(H,29,31). The fourth-order valence-corrected chi connectivity index (χ4v) is 3.10. The number of carbonyl (C=O) groups excluding carboxylic acids is 3. The Morgan fingerprint density at radius 2 is 1.53 bits per heavy atom. The second-order valence-corrected chi connectivity index (χ2v) is 7.37. The van der Waals surface area contributed by atoms with Gasteiger partial charge < -0.3 is 29.6 Å². The van der Waals surface area contributed by atoms with Crippen LogP contribution in [0.1, 0.15) is 15.9 Å². The van der Waals surface area contributed by atoms with Crippen LogP contribution in [0.2, 0.25) is 0 Å². The van der Waals surface area contributed by atoms with Crippen LogP contribution in [0, 0.1) is 5.82 Å². The Bertz CT molecular complexity index is 1220. The summed E-state index contributed by atoms with van der Waals surface area (Å²) in [5.41, 5.74) is 1.33. The van der Waals surface area contributed by atoms with Gasteiger partial charge >= 0.3 is 5.97 Å². The fraction of sp³-hybridized carbons (Fsp3) is 0.192. The SMILES string of the molecule is COc1ccccc1CNC(=O)COC(=O)c1ccc(OCC(=O)Nc2ccc(F)cc2)c(OC)c1. The van der Waals surface area contributed by atoms with Crippen LogP contribution in [0.4, 0.5) is 10.1 Å². The lowest BCUT2D eigenvalue weighted by atomic mass is 10.2. The second kappa shape index (κ2) is 12.7. The lowest BCUT2D eigenvalue weighted by Crippen LogP contribution is -2.28. The summed E-state index contributed by atoms with van der Waals surface area (Å²) in [5.74, 6) is -1.04. The first-order valence-corrected chi connectivity index (χ1v) is 10.8. The number of rotatable bonds is 11. The summed E-state index contributed by atoms with van der Waals surface area (Å²) in [5, 5.41) is 5.23. The van der Waals surface area contributed by atoms with Gasteiger partial charge in [-0.05, 0) is 48.5 Å². The van der Waals surface area contributed by atoms with Gasteiger partial charge in [0.15, 0.2) is 24.7 Å². The Morgan fingerprint density at radius 1 is 0.806 bits per heavy atom. The first-order valence-electron chi connectivity index (χ1n) is 10.8. The van der Waals surface area contributed by atoms with E-state index in [9.17, 15) is 18.8 Å². The summed E-state index contributed by atoms with van der Waals surface area (Å²) in [7, 11) is 2.91. The van der Waals surface area contributed by atoms with E-state index in [1.165, 1.54) is 56.7 Å². The molecule has 0 fully saturated rings. The van der Waals surface area contributed by atoms with Gasteiger partial charge in [-0.15, -0.1) is 0 Å². The van der Waals surface area contributed by atoms with E-state index in [0.29, 0.717) is 11.4 Å². The topological polar surface area (TPSA) is 112 Å². The zero-order chi connectivity index (χ0) is 25.9. The van der Waals surface area contributed by atoms with E-state index in [0.717, 1.165) is 5.56 Å². The van der Waals surface area contributed by atoms with Crippen LogP contribution in [-0.4, -0.2) is 45.2 Å². The molecule has 0 unspecified atom stereocenters. The molecule has 9 nitrogen and oxygen atoms in total. The Kier molecular flexibility index (Phi) is 9.21. The number of anilines is 1. The molecule has 0 heterocycles. The minimum atomic E-state index is -0.735. The molecular formula is C26H25FN2O7. The van der Waals surface area contributed by atoms with Gasteiger partial charge in [0.05, 0.1) is 19.8 Å². The number of methoxy groups -OCH3 is 2. The molecule has 0 aliphatic heterocycles. The molecule has 0 radical (unpaired) electrons. The third-order valence-corrected chi connectivity index (χ3v) is 4.89. The highest BCUT2D eigenvalue weighted by atomic mass is 19.1. The fourth-order valence-electron chi connectivity index (χ4n) is 3.10. The smallest absolute Gasteiger partial charge is 0.338 e. The van der Waals surface area contributed by atoms with Crippen LogP contribution >= 0.6 is 0 Å². The second-order valence-electron chi connectivity index (χ2n) is 7.37. The third kappa shape index (κ3) is 7.45. The molecule has 2 N–H and O–H groups in total. The van der Waals surface area contributed by atoms with Crippen LogP contribution in [0.25, 0.3) is 0 Å². The molecular weight excluding hydrogens is 471 g/mol. The normalized spacial score (nSPS) is 10.2. The van der Waals surface area contributed by atoms with E-state index in [2.05, 4.69) is 10.6 Å². The summed E-state index contributed by atoms with van der Waals surface area (Å²) in [6, 6.07) is 16.8. The predicted molar refractivity (Wildman–Crippen MR) is 129 cm³/mol. The average Bonchev–Trinajstić information content (AvgIpc) is 2.90. The highest BCUT2D eigenvalue weighted by molar-refractivity contribution is 5.93. The van der Waals surface area contributed by atoms with Crippen LogP contribution in [0.3, 0.4) is 0 Å². The molecule has 188 valence electrons. The Labute approximate surface area is 207 Å². The first kappa shape index (κ1) is 26.0. The quantitative estimate of drug-likeness (QED) is 0.392. The van der Waals surface area contributed by atoms with Gasteiger partial charge in [0.25, 0.3) is 11.8 Å². The molecule has 36 heavy (non-hydrogen) atoms. The summed E-state index contributed by atoms with van der Waals surface area (Å²) in [6.45, 7) is -0.600. The van der Waals surface area contributed by atoms with Gasteiger partial charge in [0.2, 0.25) is 0 Å². The molecule has 2 amide bonds. The number of benzene rings is 3. The van der Waals surface area contributed by atoms with Gasteiger partial charge in [-0.2, -0.15) is 0 Å². The predicted octanol–water partition coefficient (Wildman–Crippen LogP) is 3.33. The van der Waals surface area contributed by atoms with Crippen molar-refractivity contribution in [3.8, 4) is 17.2 Å². The van der Waals surface area contributed by atoms with Crippen LogP contribution < -0.4 is 24.8 Å². The van der Waals surface area contributed by atoms with E-state index < -0.39 is 30.2 Å². The molecule has 0 aromatic heterocycles. The van der Waals surface area contributed by atoms with Crippen molar-refractivity contribution in [2.75, 3.05) is 32.8 Å². The zero-order valence-electron chi connectivity index (χ0n) is 19.7. The maximum atomic E-state index is 13.0. The molecule has 10 heteroatoms. The van der Waals surface area contributed by atoms with Crippen LogP contribution in [-0.2, 0) is 20.9 Å². The molecule has 3 aromatic carbocycles. The Hall–Kier alpha value is -4.60. The third-order valence-electron chi connectivity index (χ3n) is 4.89. The number of amides is 2. The van der Waals surface area contributed by atoms with Crippen LogP contribution in [0.15, 0.2) is 66.7 Å². The highest BCUT2D eigenvalue weighted by Crippen LogP contribution is 2.28. The number of halogens is 1. The van der Waals surface area contributed by atoms with Crippen molar-refractivity contribution in [3.05, 3.63) is 83.7 Å². The van der Waals surface area contributed by atoms with E-state index in [4.69, 9.17) is 18.9 Å². The molecule has 0 aliphatic rings. The number of esters is 1. The number of hydrogen-bond acceptors (Lipinski definition) is 7.